The maximum Gasteiger partial charge on any atom is 0.453 e. The van der Waals surface area contributed by atoms with Crippen molar-refractivity contribution in [2.24, 2.45) is 0 Å². The van der Waals surface area contributed by atoms with Gasteiger partial charge in [-0.3, -0.25) is 0 Å². The van der Waals surface area contributed by atoms with Gasteiger partial charge in [0, 0.05) is 7.11 Å². The summed E-state index contributed by atoms with van der Waals surface area (Å²) in [4.78, 5) is 0. The molecule has 2 atom stereocenters. The molecule has 0 amide bonds. The van der Waals surface area contributed by atoms with E-state index in [1.165, 1.54) is 0 Å². The molecule has 1 aromatic rings. The van der Waals surface area contributed by atoms with Gasteiger partial charge in [-0.1, -0.05) is 38.1 Å². The first-order valence-electron chi connectivity index (χ1n) is 6.69. The van der Waals surface area contributed by atoms with E-state index < -0.39 is 24.6 Å². The first kappa shape index (κ1) is 17.9. The normalized spacial score (nSPS) is 15.8. The van der Waals surface area contributed by atoms with Crippen molar-refractivity contribution in [3.05, 3.63) is 35.4 Å². The second-order valence-electron chi connectivity index (χ2n) is 5.11. The highest BCUT2D eigenvalue weighted by Crippen LogP contribution is 2.42. The minimum atomic E-state index is -5.57. The van der Waals surface area contributed by atoms with Crippen LogP contribution in [0.1, 0.15) is 49.8 Å². The smallest absolute Gasteiger partial charge is 0.377 e. The Morgan fingerprint density at radius 3 is 1.86 bits per heavy atom. The zero-order valence-corrected chi connectivity index (χ0v) is 12.2. The summed E-state index contributed by atoms with van der Waals surface area (Å²) < 4.78 is 67.8. The Balaban J connectivity index is 2.91. The van der Waals surface area contributed by atoms with E-state index in [4.69, 9.17) is 4.74 Å². The molecule has 1 aromatic carbocycles. The van der Waals surface area contributed by atoms with Crippen molar-refractivity contribution >= 4 is 0 Å². The van der Waals surface area contributed by atoms with Crippen LogP contribution in [0.25, 0.3) is 0 Å². The fourth-order valence-electron chi connectivity index (χ4n) is 1.96. The van der Waals surface area contributed by atoms with E-state index in [1.54, 1.807) is 24.3 Å². The Morgan fingerprint density at radius 1 is 1.00 bits per heavy atom. The van der Waals surface area contributed by atoms with Crippen LogP contribution >= 0.6 is 0 Å². The largest absolute Gasteiger partial charge is 0.453 e. The SMILES string of the molecule is CCC(C)c1ccc(C(CC(F)(F)C(F)(F)F)OC)cc1. The number of alkyl halides is 5. The van der Waals surface area contributed by atoms with E-state index in [9.17, 15) is 22.0 Å². The number of hydrogen-bond acceptors (Lipinski definition) is 1. The first-order chi connectivity index (χ1) is 9.62. The molecule has 0 saturated carbocycles. The van der Waals surface area contributed by atoms with Gasteiger partial charge >= 0.3 is 12.1 Å². The summed E-state index contributed by atoms with van der Waals surface area (Å²) in [6.45, 7) is 4.03. The van der Waals surface area contributed by atoms with E-state index in [0.29, 0.717) is 11.5 Å². The summed E-state index contributed by atoms with van der Waals surface area (Å²) in [6, 6.07) is 6.56. The molecule has 120 valence electrons. The zero-order valence-electron chi connectivity index (χ0n) is 12.2. The number of hydrogen-bond donors (Lipinski definition) is 0. The van der Waals surface area contributed by atoms with Crippen LogP contribution in [0.4, 0.5) is 22.0 Å². The van der Waals surface area contributed by atoms with E-state index in [1.807, 2.05) is 13.8 Å². The number of benzene rings is 1. The third kappa shape index (κ3) is 4.40. The molecule has 0 N–H and O–H groups in total. The summed E-state index contributed by atoms with van der Waals surface area (Å²) in [6.07, 6.45) is -7.37. The van der Waals surface area contributed by atoms with Crippen molar-refractivity contribution in [1.82, 2.24) is 0 Å². The Labute approximate surface area is 121 Å². The molecule has 0 radical (unpaired) electrons. The van der Waals surface area contributed by atoms with Crippen LogP contribution in [-0.2, 0) is 4.74 Å². The quantitative estimate of drug-likeness (QED) is 0.633. The van der Waals surface area contributed by atoms with Crippen LogP contribution in [0, 0.1) is 0 Å². The van der Waals surface area contributed by atoms with Crippen molar-refractivity contribution in [3.8, 4) is 0 Å². The number of halogens is 5. The summed E-state index contributed by atoms with van der Waals surface area (Å²) in [5, 5.41) is 0. The fourth-order valence-corrected chi connectivity index (χ4v) is 1.96. The molecule has 0 bridgehead atoms. The van der Waals surface area contributed by atoms with Crippen LogP contribution in [0.2, 0.25) is 0 Å². The third-order valence-corrected chi connectivity index (χ3v) is 3.63. The lowest BCUT2D eigenvalue weighted by Crippen LogP contribution is -2.38. The lowest BCUT2D eigenvalue weighted by atomic mass is 9.95. The van der Waals surface area contributed by atoms with Gasteiger partial charge in [0.2, 0.25) is 0 Å². The lowest BCUT2D eigenvalue weighted by molar-refractivity contribution is -0.291. The second kappa shape index (κ2) is 6.73. The fraction of sp³-hybridized carbons (Fsp3) is 0.600. The molecule has 0 heterocycles. The molecular formula is C15H19F5O. The van der Waals surface area contributed by atoms with Gasteiger partial charge in [-0.2, -0.15) is 22.0 Å². The van der Waals surface area contributed by atoms with Crippen molar-refractivity contribution in [2.75, 3.05) is 7.11 Å². The molecule has 0 aromatic heterocycles. The molecule has 0 aliphatic heterocycles. The number of ether oxygens (including phenoxy) is 1. The summed E-state index contributed by atoms with van der Waals surface area (Å²) >= 11 is 0. The van der Waals surface area contributed by atoms with Crippen molar-refractivity contribution in [3.63, 3.8) is 0 Å². The van der Waals surface area contributed by atoms with Crippen molar-refractivity contribution in [1.29, 1.82) is 0 Å². The van der Waals surface area contributed by atoms with Gasteiger partial charge in [0.25, 0.3) is 0 Å². The molecule has 1 rings (SSSR count). The standard InChI is InChI=1S/C15H19F5O/c1-4-10(2)11-5-7-12(8-6-11)13(21-3)9-14(16,17)15(18,19)20/h5-8,10,13H,4,9H2,1-3H3. The first-order valence-corrected chi connectivity index (χ1v) is 6.69. The molecular weight excluding hydrogens is 291 g/mol. The monoisotopic (exact) mass is 310 g/mol. The Morgan fingerprint density at radius 2 is 1.48 bits per heavy atom. The van der Waals surface area contributed by atoms with E-state index in [2.05, 4.69) is 0 Å². The van der Waals surface area contributed by atoms with Crippen LogP contribution in [0.3, 0.4) is 0 Å². The Kier molecular flexibility index (Phi) is 5.73. The van der Waals surface area contributed by atoms with E-state index in [-0.39, 0.29) is 0 Å². The van der Waals surface area contributed by atoms with Crippen LogP contribution in [0.5, 0.6) is 0 Å². The van der Waals surface area contributed by atoms with Crippen molar-refractivity contribution < 1.29 is 26.7 Å². The van der Waals surface area contributed by atoms with Gasteiger partial charge in [0.15, 0.2) is 0 Å². The third-order valence-electron chi connectivity index (χ3n) is 3.63. The molecule has 0 spiro atoms. The van der Waals surface area contributed by atoms with Gasteiger partial charge in [-0.25, -0.2) is 0 Å². The predicted molar refractivity (Wildman–Crippen MR) is 70.5 cm³/mol. The topological polar surface area (TPSA) is 9.23 Å². The van der Waals surface area contributed by atoms with E-state index in [0.717, 1.165) is 19.1 Å². The molecule has 21 heavy (non-hydrogen) atoms. The predicted octanol–water partition coefficient (Wildman–Crippen LogP) is 5.48. The van der Waals surface area contributed by atoms with Gasteiger partial charge < -0.3 is 4.74 Å². The molecule has 1 nitrogen and oxygen atoms in total. The highest BCUT2D eigenvalue weighted by atomic mass is 19.4. The highest BCUT2D eigenvalue weighted by Gasteiger charge is 2.58. The van der Waals surface area contributed by atoms with Gasteiger partial charge in [-0.15, -0.1) is 0 Å². The number of methoxy groups -OCH3 is 1. The highest BCUT2D eigenvalue weighted by molar-refractivity contribution is 5.26. The minimum absolute atomic E-state index is 0.302. The van der Waals surface area contributed by atoms with E-state index >= 15 is 0 Å². The van der Waals surface area contributed by atoms with Gasteiger partial charge in [-0.05, 0) is 23.5 Å². The molecule has 0 aliphatic carbocycles. The van der Waals surface area contributed by atoms with Crippen LogP contribution in [0.15, 0.2) is 24.3 Å². The maximum atomic E-state index is 13.1. The maximum absolute atomic E-state index is 13.1. The molecule has 0 aliphatic rings. The minimum Gasteiger partial charge on any atom is -0.377 e. The van der Waals surface area contributed by atoms with Crippen LogP contribution in [-0.4, -0.2) is 19.2 Å². The summed E-state index contributed by atoms with van der Waals surface area (Å²) in [7, 11) is 1.12. The Bertz CT molecular complexity index is 438. The lowest BCUT2D eigenvalue weighted by Gasteiger charge is -2.24. The molecule has 0 fully saturated rings. The second-order valence-corrected chi connectivity index (χ2v) is 5.11. The van der Waals surface area contributed by atoms with Crippen LogP contribution < -0.4 is 0 Å². The Hall–Kier alpha value is -1.17. The average Bonchev–Trinajstić information content (AvgIpc) is 2.43. The van der Waals surface area contributed by atoms with Crippen molar-refractivity contribution in [2.45, 2.75) is 50.8 Å². The molecule has 2 unspecified atom stereocenters. The summed E-state index contributed by atoms with van der Waals surface area (Å²) in [5.74, 6) is -4.47. The van der Waals surface area contributed by atoms with Gasteiger partial charge in [0.05, 0.1) is 12.5 Å². The average molecular weight is 310 g/mol. The van der Waals surface area contributed by atoms with Gasteiger partial charge in [0.1, 0.15) is 0 Å². The number of rotatable bonds is 6. The summed E-state index contributed by atoms with van der Waals surface area (Å²) in [5.41, 5.74) is 1.33. The zero-order chi connectivity index (χ0) is 16.3. The molecule has 6 heteroatoms. The molecule has 0 saturated heterocycles.